The minimum absolute atomic E-state index is 1.32. The number of benzene rings is 1. The first-order valence-electron chi connectivity index (χ1n) is 2.86. The van der Waals surface area contributed by atoms with E-state index in [0.717, 1.165) is 0 Å². The predicted molar refractivity (Wildman–Crippen MR) is 41.1 cm³/mol. The average molecular weight is 144 g/mol. The molecule has 1 aromatic carbocycles. The molecule has 1 aromatic rings. The standard InChI is InChI=1S/C7H8.2CN/c1-7-5-3-2-4-6-7;2*1-2/h2-6H,1H3;;/q;2*-1. The number of hydrogen-bond acceptors (Lipinski definition) is 2. The van der Waals surface area contributed by atoms with Crippen molar-refractivity contribution in [3.05, 3.63) is 49.0 Å². The Labute approximate surface area is 67.3 Å². The van der Waals surface area contributed by atoms with Gasteiger partial charge >= 0.3 is 0 Å². The summed E-state index contributed by atoms with van der Waals surface area (Å²) < 4.78 is 0. The van der Waals surface area contributed by atoms with Crippen molar-refractivity contribution in [3.8, 4) is 0 Å². The van der Waals surface area contributed by atoms with E-state index in [-0.39, 0.29) is 0 Å². The lowest BCUT2D eigenvalue weighted by molar-refractivity contribution is 1.48. The van der Waals surface area contributed by atoms with Crippen molar-refractivity contribution >= 4 is 0 Å². The Balaban J connectivity index is 0. The third kappa shape index (κ3) is 8.20. The van der Waals surface area contributed by atoms with Crippen LogP contribution >= 0.6 is 0 Å². The van der Waals surface area contributed by atoms with Gasteiger partial charge in [-0.05, 0) is 6.92 Å². The molecular formula is C9H8N2-2. The molecule has 0 saturated carbocycles. The molecule has 0 unspecified atom stereocenters. The molecule has 0 bridgehead atoms. The van der Waals surface area contributed by atoms with E-state index < -0.39 is 0 Å². The van der Waals surface area contributed by atoms with Crippen molar-refractivity contribution < 1.29 is 0 Å². The Morgan fingerprint density at radius 1 is 0.909 bits per heavy atom. The summed E-state index contributed by atoms with van der Waals surface area (Å²) >= 11 is 0. The molecule has 0 saturated heterocycles. The maximum Gasteiger partial charge on any atom is -0.0398 e. The van der Waals surface area contributed by atoms with Crippen molar-refractivity contribution in [1.82, 2.24) is 0 Å². The third-order valence-electron chi connectivity index (χ3n) is 0.940. The van der Waals surface area contributed by atoms with Crippen molar-refractivity contribution in [2.24, 2.45) is 0 Å². The first-order valence-corrected chi connectivity index (χ1v) is 2.86. The second-order valence-electron chi connectivity index (χ2n) is 1.65. The van der Waals surface area contributed by atoms with Gasteiger partial charge in [-0.1, -0.05) is 35.9 Å². The van der Waals surface area contributed by atoms with E-state index in [1.807, 2.05) is 18.2 Å². The van der Waals surface area contributed by atoms with Crippen LogP contribution in [0.2, 0.25) is 0 Å². The summed E-state index contributed by atoms with van der Waals surface area (Å²) in [5.41, 5.74) is 1.32. The van der Waals surface area contributed by atoms with Crippen LogP contribution in [0.15, 0.2) is 30.3 Å². The highest BCUT2D eigenvalue weighted by Crippen LogP contribution is 1.92. The molecule has 0 spiro atoms. The van der Waals surface area contributed by atoms with Gasteiger partial charge in [0.25, 0.3) is 0 Å². The van der Waals surface area contributed by atoms with Crippen LogP contribution in [0.1, 0.15) is 5.56 Å². The Bertz CT molecular complexity index is 193. The fourth-order valence-electron chi connectivity index (χ4n) is 0.534. The molecular weight excluding hydrogens is 136 g/mol. The number of rotatable bonds is 0. The monoisotopic (exact) mass is 144 g/mol. The number of hydrogen-bond donors (Lipinski definition) is 0. The van der Waals surface area contributed by atoms with Crippen LogP contribution in [0.5, 0.6) is 0 Å². The zero-order valence-corrected chi connectivity index (χ0v) is 6.28. The zero-order chi connectivity index (χ0) is 9.11. The highest BCUT2D eigenvalue weighted by atomic mass is 14.2. The van der Waals surface area contributed by atoms with Crippen LogP contribution in [-0.4, -0.2) is 0 Å². The van der Waals surface area contributed by atoms with E-state index in [1.54, 1.807) is 0 Å². The van der Waals surface area contributed by atoms with Gasteiger partial charge in [-0.25, -0.2) is 0 Å². The molecule has 0 atom stereocenters. The Kier molecular flexibility index (Phi) is 12.0. The minimum Gasteiger partial charge on any atom is -0.512 e. The summed E-state index contributed by atoms with van der Waals surface area (Å²) in [7, 11) is 0. The van der Waals surface area contributed by atoms with Crippen LogP contribution in [-0.2, 0) is 0 Å². The lowest BCUT2D eigenvalue weighted by atomic mass is 10.2. The highest BCUT2D eigenvalue weighted by Gasteiger charge is 1.72. The van der Waals surface area contributed by atoms with Crippen molar-refractivity contribution in [2.45, 2.75) is 6.92 Å². The van der Waals surface area contributed by atoms with Crippen molar-refractivity contribution in [3.63, 3.8) is 0 Å². The lowest BCUT2D eigenvalue weighted by Crippen LogP contribution is -1.62. The fourth-order valence-corrected chi connectivity index (χ4v) is 0.534. The average Bonchev–Trinajstić information content (AvgIpc) is 2.13. The smallest absolute Gasteiger partial charge is 0.0398 e. The minimum atomic E-state index is 1.32. The molecule has 0 fully saturated rings. The zero-order valence-electron chi connectivity index (χ0n) is 6.28. The SMILES string of the molecule is Cc1ccccc1.[C-]#N.[C-]#N. The first kappa shape index (κ1) is 11.9. The molecule has 0 aromatic heterocycles. The predicted octanol–water partition coefficient (Wildman–Crippen LogP) is 2.19. The first-order chi connectivity index (χ1) is 5.39. The van der Waals surface area contributed by atoms with Crippen LogP contribution in [0.4, 0.5) is 0 Å². The van der Waals surface area contributed by atoms with Crippen LogP contribution in [0, 0.1) is 30.6 Å². The van der Waals surface area contributed by atoms with E-state index in [4.69, 9.17) is 23.7 Å². The number of nitrogens with zero attached hydrogens (tertiary/aromatic N) is 2. The topological polar surface area (TPSA) is 47.6 Å². The van der Waals surface area contributed by atoms with Gasteiger partial charge in [0.15, 0.2) is 0 Å². The van der Waals surface area contributed by atoms with Gasteiger partial charge in [0.05, 0.1) is 0 Å². The summed E-state index contributed by atoms with van der Waals surface area (Å²) in [5, 5.41) is 12.5. The number of aryl methyl sites for hydroxylation is 1. The van der Waals surface area contributed by atoms with Crippen molar-refractivity contribution in [1.29, 1.82) is 10.5 Å². The largest absolute Gasteiger partial charge is 0.512 e. The molecule has 56 valence electrons. The molecule has 1 rings (SSSR count). The Hall–Kier alpha value is -1.80. The molecule has 0 aliphatic heterocycles. The normalized spacial score (nSPS) is 5.91. The van der Waals surface area contributed by atoms with Crippen LogP contribution < -0.4 is 0 Å². The van der Waals surface area contributed by atoms with E-state index in [2.05, 4.69) is 19.1 Å². The second-order valence-corrected chi connectivity index (χ2v) is 1.65. The van der Waals surface area contributed by atoms with Gasteiger partial charge in [0, 0.05) is 0 Å². The van der Waals surface area contributed by atoms with Gasteiger partial charge in [-0.15, -0.1) is 0 Å². The molecule has 0 heterocycles. The Morgan fingerprint density at radius 3 is 1.45 bits per heavy atom. The van der Waals surface area contributed by atoms with E-state index in [9.17, 15) is 0 Å². The molecule has 0 N–H and O–H groups in total. The summed E-state index contributed by atoms with van der Waals surface area (Å²) in [6.45, 7) is 11.6. The fraction of sp³-hybridized carbons (Fsp3) is 0.111. The molecule has 0 radical (unpaired) electrons. The molecule has 2 heteroatoms. The maximum atomic E-state index is 6.25. The third-order valence-corrected chi connectivity index (χ3v) is 0.940. The highest BCUT2D eigenvalue weighted by molar-refractivity contribution is 5.11. The van der Waals surface area contributed by atoms with Gasteiger partial charge in [0.2, 0.25) is 0 Å². The maximum absolute atomic E-state index is 6.25. The van der Waals surface area contributed by atoms with Gasteiger partial charge < -0.3 is 23.7 Å². The van der Waals surface area contributed by atoms with Gasteiger partial charge in [-0.2, -0.15) is 0 Å². The van der Waals surface area contributed by atoms with Gasteiger partial charge in [-0.3, -0.25) is 0 Å². The van der Waals surface area contributed by atoms with E-state index in [1.165, 1.54) is 5.56 Å². The van der Waals surface area contributed by atoms with Crippen LogP contribution in [0.25, 0.3) is 0 Å². The summed E-state index contributed by atoms with van der Waals surface area (Å²) in [6, 6.07) is 10.3. The second kappa shape index (κ2) is 11.1. The summed E-state index contributed by atoms with van der Waals surface area (Å²) in [4.78, 5) is 0. The molecule has 2 nitrogen and oxygen atoms in total. The molecule has 0 aliphatic carbocycles. The van der Waals surface area contributed by atoms with Gasteiger partial charge in [0.1, 0.15) is 0 Å². The van der Waals surface area contributed by atoms with E-state index >= 15 is 0 Å². The summed E-state index contributed by atoms with van der Waals surface area (Å²) in [5.74, 6) is 0. The molecule has 0 amide bonds. The quantitative estimate of drug-likeness (QED) is 0.524. The summed E-state index contributed by atoms with van der Waals surface area (Å²) in [6.07, 6.45) is 0. The Morgan fingerprint density at radius 2 is 1.27 bits per heavy atom. The van der Waals surface area contributed by atoms with Crippen LogP contribution in [0.3, 0.4) is 0 Å². The lowest BCUT2D eigenvalue weighted by Gasteiger charge is -1.82. The molecule has 0 aliphatic rings. The van der Waals surface area contributed by atoms with E-state index in [0.29, 0.717) is 0 Å². The van der Waals surface area contributed by atoms with Crippen molar-refractivity contribution in [2.75, 3.05) is 0 Å². The molecule has 11 heavy (non-hydrogen) atoms.